The number of aliphatic hydroxyl groups excluding tert-OH is 1. The zero-order chi connectivity index (χ0) is 16.1. The van der Waals surface area contributed by atoms with E-state index >= 15 is 0 Å². The van der Waals surface area contributed by atoms with E-state index in [1.807, 2.05) is 31.3 Å². The van der Waals surface area contributed by atoms with Crippen LogP contribution in [0.4, 0.5) is 5.82 Å². The second-order valence-corrected chi connectivity index (χ2v) is 7.38. The van der Waals surface area contributed by atoms with Crippen molar-refractivity contribution in [2.75, 3.05) is 18.5 Å². The Bertz CT molecular complexity index is 875. The largest absolute Gasteiger partial charge is 0.383 e. The summed E-state index contributed by atoms with van der Waals surface area (Å²) in [5.41, 5.74) is 3.78. The molecule has 23 heavy (non-hydrogen) atoms. The van der Waals surface area contributed by atoms with Crippen LogP contribution in [0.3, 0.4) is 0 Å². The van der Waals surface area contributed by atoms with Crippen molar-refractivity contribution < 1.29 is 5.11 Å². The van der Waals surface area contributed by atoms with Gasteiger partial charge >= 0.3 is 0 Å². The third-order valence-electron chi connectivity index (χ3n) is 4.57. The van der Waals surface area contributed by atoms with Gasteiger partial charge in [0.2, 0.25) is 0 Å². The minimum atomic E-state index is -0.732. The van der Waals surface area contributed by atoms with E-state index in [0.717, 1.165) is 46.2 Å². The molecule has 1 aliphatic heterocycles. The van der Waals surface area contributed by atoms with Crippen molar-refractivity contribution in [3.05, 3.63) is 56.6 Å². The zero-order valence-electron chi connectivity index (χ0n) is 12.7. The van der Waals surface area contributed by atoms with Crippen LogP contribution in [0.2, 0.25) is 5.02 Å². The zero-order valence-corrected chi connectivity index (χ0v) is 15.0. The van der Waals surface area contributed by atoms with E-state index in [-0.39, 0.29) is 0 Å². The Hall–Kier alpha value is -1.36. The van der Waals surface area contributed by atoms with E-state index in [1.165, 1.54) is 5.57 Å². The number of allylic oxidation sites excluding steroid dienone is 1. The summed E-state index contributed by atoms with van der Waals surface area (Å²) in [6.07, 6.45) is 5.42. The number of nitrogens with zero attached hydrogens (tertiary/aromatic N) is 2. The molecular weight excluding hydrogens is 376 g/mol. The number of aromatic nitrogens is 1. The summed E-state index contributed by atoms with van der Waals surface area (Å²) in [6, 6.07) is 5.86. The predicted octanol–water partition coefficient (Wildman–Crippen LogP) is 4.78. The van der Waals surface area contributed by atoms with Gasteiger partial charge in [-0.3, -0.25) is 0 Å². The van der Waals surface area contributed by atoms with Gasteiger partial charge in [-0.1, -0.05) is 39.7 Å². The highest BCUT2D eigenvalue weighted by molar-refractivity contribution is 9.10. The van der Waals surface area contributed by atoms with Gasteiger partial charge in [-0.05, 0) is 42.2 Å². The van der Waals surface area contributed by atoms with Crippen LogP contribution in [0.1, 0.15) is 24.5 Å². The lowest BCUT2D eigenvalue weighted by molar-refractivity contribution is 0.219. The molecule has 1 aromatic carbocycles. The predicted molar refractivity (Wildman–Crippen MR) is 98.1 cm³/mol. The van der Waals surface area contributed by atoms with E-state index < -0.39 is 6.10 Å². The third-order valence-corrected chi connectivity index (χ3v) is 5.48. The van der Waals surface area contributed by atoms with Crippen molar-refractivity contribution in [1.82, 2.24) is 4.98 Å². The minimum absolute atomic E-state index is 0.582. The highest BCUT2D eigenvalue weighted by Crippen LogP contribution is 2.44. The van der Waals surface area contributed by atoms with Gasteiger partial charge in [0.15, 0.2) is 0 Å². The number of aliphatic hydroxyl groups is 1. The van der Waals surface area contributed by atoms with Gasteiger partial charge in [-0.15, -0.1) is 0 Å². The molecule has 0 spiro atoms. The quantitative estimate of drug-likeness (QED) is 0.702. The van der Waals surface area contributed by atoms with Crippen molar-refractivity contribution in [3.8, 4) is 0 Å². The van der Waals surface area contributed by atoms with Crippen molar-refractivity contribution in [2.24, 2.45) is 0 Å². The molecule has 0 amide bonds. The molecule has 3 nitrogen and oxygen atoms in total. The Labute approximate surface area is 148 Å². The second-order valence-electron chi connectivity index (χ2n) is 6.08. The van der Waals surface area contributed by atoms with E-state index in [0.29, 0.717) is 10.6 Å². The molecule has 118 valence electrons. The molecule has 1 N–H and O–H groups in total. The number of pyridine rings is 1. The van der Waals surface area contributed by atoms with Crippen LogP contribution in [0.25, 0.3) is 10.9 Å². The van der Waals surface area contributed by atoms with Crippen LogP contribution in [0, 0.1) is 0 Å². The topological polar surface area (TPSA) is 36.4 Å². The van der Waals surface area contributed by atoms with Crippen LogP contribution >= 0.6 is 27.5 Å². The molecule has 1 aliphatic carbocycles. The number of rotatable bonds is 0. The van der Waals surface area contributed by atoms with Crippen LogP contribution in [0.5, 0.6) is 0 Å². The molecule has 1 unspecified atom stereocenters. The maximum atomic E-state index is 11.0. The average Bonchev–Trinajstić information content (AvgIpc) is 2.64. The van der Waals surface area contributed by atoms with E-state index in [4.69, 9.17) is 16.6 Å². The van der Waals surface area contributed by atoms with Gasteiger partial charge < -0.3 is 10.0 Å². The standard InChI is InChI=1S/C18H16BrClN2O/c1-22-9-10-4-2-3-5-12(10)17(23)15-16(20)13-8-11(19)6-7-14(13)21-18(15)22/h3,5-8,17,23H,2,4,9H2,1H3. The molecule has 0 fully saturated rings. The second kappa shape index (κ2) is 5.62. The first-order chi connectivity index (χ1) is 11.1. The molecular formula is C18H16BrClN2O. The van der Waals surface area contributed by atoms with E-state index in [2.05, 4.69) is 26.9 Å². The van der Waals surface area contributed by atoms with Crippen molar-refractivity contribution in [2.45, 2.75) is 18.9 Å². The maximum Gasteiger partial charge on any atom is 0.137 e. The number of anilines is 1. The fraction of sp³-hybridized carbons (Fsp3) is 0.278. The highest BCUT2D eigenvalue weighted by Gasteiger charge is 2.30. The Morgan fingerprint density at radius 2 is 2.22 bits per heavy atom. The van der Waals surface area contributed by atoms with E-state index in [1.54, 1.807) is 0 Å². The van der Waals surface area contributed by atoms with Crippen LogP contribution in [0.15, 0.2) is 46.0 Å². The fourth-order valence-electron chi connectivity index (χ4n) is 3.43. The first kappa shape index (κ1) is 15.2. The normalized spacial score (nSPS) is 20.5. The number of hydrogen-bond acceptors (Lipinski definition) is 3. The summed E-state index contributed by atoms with van der Waals surface area (Å²) in [4.78, 5) is 6.87. The Kier molecular flexibility index (Phi) is 3.71. The molecule has 0 bridgehead atoms. The minimum Gasteiger partial charge on any atom is -0.383 e. The van der Waals surface area contributed by atoms with Gasteiger partial charge in [0.05, 0.1) is 10.5 Å². The molecule has 5 heteroatoms. The lowest BCUT2D eigenvalue weighted by atomic mass is 9.91. The van der Waals surface area contributed by atoms with Crippen molar-refractivity contribution >= 4 is 44.3 Å². The van der Waals surface area contributed by atoms with Crippen molar-refractivity contribution in [1.29, 1.82) is 0 Å². The summed E-state index contributed by atoms with van der Waals surface area (Å²) in [6.45, 7) is 0.773. The van der Waals surface area contributed by atoms with Crippen LogP contribution in [-0.2, 0) is 0 Å². The molecule has 1 aromatic heterocycles. The number of benzene rings is 1. The molecule has 0 saturated carbocycles. The van der Waals surface area contributed by atoms with Gasteiger partial charge in [-0.2, -0.15) is 0 Å². The Morgan fingerprint density at radius 1 is 1.39 bits per heavy atom. The van der Waals surface area contributed by atoms with Crippen LogP contribution < -0.4 is 4.90 Å². The van der Waals surface area contributed by atoms with Gasteiger partial charge in [0.25, 0.3) is 0 Å². The monoisotopic (exact) mass is 390 g/mol. The number of fused-ring (bicyclic) bond motifs is 2. The maximum absolute atomic E-state index is 11.0. The smallest absolute Gasteiger partial charge is 0.137 e. The van der Waals surface area contributed by atoms with Gasteiger partial charge in [0.1, 0.15) is 11.9 Å². The molecule has 2 aliphatic rings. The lowest BCUT2D eigenvalue weighted by Crippen LogP contribution is -2.21. The van der Waals surface area contributed by atoms with Crippen molar-refractivity contribution in [3.63, 3.8) is 0 Å². The first-order valence-electron chi connectivity index (χ1n) is 7.62. The molecule has 0 saturated heterocycles. The third kappa shape index (κ3) is 2.40. The van der Waals surface area contributed by atoms with Gasteiger partial charge in [-0.25, -0.2) is 4.98 Å². The summed E-state index contributed by atoms with van der Waals surface area (Å²) in [5.74, 6) is 0.764. The number of likely N-dealkylation sites (N-methyl/N-ethyl adjacent to an activating group) is 1. The van der Waals surface area contributed by atoms with Crippen LogP contribution in [-0.4, -0.2) is 23.7 Å². The number of hydrogen-bond donors (Lipinski definition) is 1. The van der Waals surface area contributed by atoms with E-state index in [9.17, 15) is 5.11 Å². The average molecular weight is 392 g/mol. The molecule has 0 radical (unpaired) electrons. The van der Waals surface area contributed by atoms with Gasteiger partial charge in [0, 0.05) is 29.0 Å². The summed E-state index contributed by atoms with van der Waals surface area (Å²) in [5, 5.41) is 12.4. The summed E-state index contributed by atoms with van der Waals surface area (Å²) < 4.78 is 0.947. The molecule has 2 aromatic rings. The Morgan fingerprint density at radius 3 is 3.04 bits per heavy atom. The summed E-state index contributed by atoms with van der Waals surface area (Å²) in [7, 11) is 2.01. The fourth-order valence-corrected chi connectivity index (χ4v) is 4.13. The molecule has 1 atom stereocenters. The molecule has 4 rings (SSSR count). The highest BCUT2D eigenvalue weighted by atomic mass is 79.9. The Balaban J connectivity index is 2.01. The summed E-state index contributed by atoms with van der Waals surface area (Å²) >= 11 is 10.2. The number of halogens is 2. The lowest BCUT2D eigenvalue weighted by Gasteiger charge is -2.22. The SMILES string of the molecule is CN1CC2=C(C=CCC2)C(O)c2c1nc1ccc(Br)cc1c2Cl. The first-order valence-corrected chi connectivity index (χ1v) is 8.79. The molecule has 2 heterocycles.